The SMILES string of the molecule is CCCC1NC(=O)CN(C2CC(OC)C2)C1=O. The van der Waals surface area contributed by atoms with Crippen molar-refractivity contribution in [2.45, 2.75) is 50.8 Å². The molecule has 96 valence electrons. The minimum atomic E-state index is -0.317. The number of hydrogen-bond donors (Lipinski definition) is 1. The summed E-state index contributed by atoms with van der Waals surface area (Å²) in [5.41, 5.74) is 0. The summed E-state index contributed by atoms with van der Waals surface area (Å²) < 4.78 is 5.21. The maximum atomic E-state index is 12.2. The van der Waals surface area contributed by atoms with Crippen LogP contribution in [0.4, 0.5) is 0 Å². The van der Waals surface area contributed by atoms with Crippen LogP contribution in [0.15, 0.2) is 0 Å². The van der Waals surface area contributed by atoms with Crippen molar-refractivity contribution in [1.29, 1.82) is 0 Å². The fraction of sp³-hybridized carbons (Fsp3) is 0.833. The Labute approximate surface area is 101 Å². The highest BCUT2D eigenvalue weighted by Crippen LogP contribution is 2.29. The number of nitrogens with one attached hydrogen (secondary N) is 1. The summed E-state index contributed by atoms with van der Waals surface area (Å²) in [6, 6.07) is -0.124. The Morgan fingerprint density at radius 1 is 1.41 bits per heavy atom. The summed E-state index contributed by atoms with van der Waals surface area (Å²) in [5.74, 6) is 0.0370. The number of carbonyl (C=O) groups is 2. The molecule has 1 saturated heterocycles. The van der Waals surface area contributed by atoms with Gasteiger partial charge in [0, 0.05) is 13.2 Å². The summed E-state index contributed by atoms with van der Waals surface area (Å²) in [6.07, 6.45) is 3.59. The van der Waals surface area contributed by atoms with E-state index in [0.717, 1.165) is 25.7 Å². The zero-order chi connectivity index (χ0) is 12.4. The molecule has 5 heteroatoms. The molecule has 2 aliphatic rings. The van der Waals surface area contributed by atoms with Gasteiger partial charge in [-0.3, -0.25) is 9.59 Å². The van der Waals surface area contributed by atoms with Crippen LogP contribution in [-0.2, 0) is 14.3 Å². The van der Waals surface area contributed by atoms with Crippen LogP contribution in [0.25, 0.3) is 0 Å². The van der Waals surface area contributed by atoms with Crippen molar-refractivity contribution in [3.63, 3.8) is 0 Å². The summed E-state index contributed by atoms with van der Waals surface area (Å²) >= 11 is 0. The molecule has 1 N–H and O–H groups in total. The summed E-state index contributed by atoms with van der Waals surface area (Å²) in [7, 11) is 1.69. The molecule has 2 fully saturated rings. The van der Waals surface area contributed by atoms with Crippen molar-refractivity contribution in [1.82, 2.24) is 10.2 Å². The Hall–Kier alpha value is -1.10. The highest BCUT2D eigenvalue weighted by molar-refractivity contribution is 5.95. The normalized spacial score (nSPS) is 33.3. The zero-order valence-corrected chi connectivity index (χ0v) is 10.4. The van der Waals surface area contributed by atoms with Gasteiger partial charge < -0.3 is 15.0 Å². The molecule has 1 saturated carbocycles. The lowest BCUT2D eigenvalue weighted by Gasteiger charge is -2.45. The number of ether oxygens (including phenoxy) is 1. The molecule has 1 heterocycles. The van der Waals surface area contributed by atoms with Crippen LogP contribution in [0, 0.1) is 0 Å². The highest BCUT2D eigenvalue weighted by Gasteiger charge is 2.41. The number of methoxy groups -OCH3 is 1. The van der Waals surface area contributed by atoms with Gasteiger partial charge in [-0.25, -0.2) is 0 Å². The van der Waals surface area contributed by atoms with Crippen LogP contribution >= 0.6 is 0 Å². The number of amides is 2. The third kappa shape index (κ3) is 2.44. The Morgan fingerprint density at radius 3 is 2.71 bits per heavy atom. The van der Waals surface area contributed by atoms with E-state index in [4.69, 9.17) is 4.74 Å². The van der Waals surface area contributed by atoms with Gasteiger partial charge in [0.05, 0.1) is 12.6 Å². The molecule has 0 aromatic heterocycles. The molecule has 1 atom stereocenters. The molecule has 0 bridgehead atoms. The van der Waals surface area contributed by atoms with E-state index >= 15 is 0 Å². The molecule has 2 amide bonds. The number of rotatable bonds is 4. The minimum absolute atomic E-state index is 0.0380. The molecule has 1 aliphatic heterocycles. The first-order chi connectivity index (χ1) is 8.15. The van der Waals surface area contributed by atoms with Gasteiger partial charge >= 0.3 is 0 Å². The first kappa shape index (κ1) is 12.4. The third-order valence-corrected chi connectivity index (χ3v) is 3.65. The van der Waals surface area contributed by atoms with E-state index in [1.165, 1.54) is 0 Å². The van der Waals surface area contributed by atoms with Gasteiger partial charge in [0.25, 0.3) is 0 Å². The molecular formula is C12H20N2O3. The number of piperazine rings is 1. The molecule has 17 heavy (non-hydrogen) atoms. The van der Waals surface area contributed by atoms with E-state index in [1.807, 2.05) is 6.92 Å². The van der Waals surface area contributed by atoms with E-state index in [2.05, 4.69) is 5.32 Å². The van der Waals surface area contributed by atoms with Crippen LogP contribution < -0.4 is 5.32 Å². The largest absolute Gasteiger partial charge is 0.381 e. The van der Waals surface area contributed by atoms with Gasteiger partial charge in [-0.2, -0.15) is 0 Å². The minimum Gasteiger partial charge on any atom is -0.381 e. The van der Waals surface area contributed by atoms with Crippen LogP contribution in [0.5, 0.6) is 0 Å². The van der Waals surface area contributed by atoms with Crippen LogP contribution in [0.3, 0.4) is 0 Å². The van der Waals surface area contributed by atoms with Gasteiger partial charge in [-0.1, -0.05) is 13.3 Å². The number of carbonyl (C=O) groups excluding carboxylic acids is 2. The van der Waals surface area contributed by atoms with Crippen molar-refractivity contribution in [2.75, 3.05) is 13.7 Å². The van der Waals surface area contributed by atoms with Crippen molar-refractivity contribution in [3.05, 3.63) is 0 Å². The van der Waals surface area contributed by atoms with E-state index < -0.39 is 0 Å². The average molecular weight is 240 g/mol. The molecule has 0 radical (unpaired) electrons. The van der Waals surface area contributed by atoms with Crippen LogP contribution in [0.1, 0.15) is 32.6 Å². The van der Waals surface area contributed by atoms with Gasteiger partial charge in [0.2, 0.25) is 11.8 Å². The van der Waals surface area contributed by atoms with Crippen molar-refractivity contribution in [2.24, 2.45) is 0 Å². The molecule has 0 spiro atoms. The number of hydrogen-bond acceptors (Lipinski definition) is 3. The topological polar surface area (TPSA) is 58.6 Å². The molecule has 0 aromatic rings. The van der Waals surface area contributed by atoms with Gasteiger partial charge in [-0.15, -0.1) is 0 Å². The molecule has 5 nitrogen and oxygen atoms in total. The molecule has 1 unspecified atom stereocenters. The summed E-state index contributed by atoms with van der Waals surface area (Å²) in [6.45, 7) is 2.23. The van der Waals surface area contributed by atoms with Crippen molar-refractivity contribution < 1.29 is 14.3 Å². The fourth-order valence-electron chi connectivity index (χ4n) is 2.51. The van der Waals surface area contributed by atoms with Crippen LogP contribution in [0.2, 0.25) is 0 Å². The second-order valence-electron chi connectivity index (χ2n) is 4.86. The molecule has 0 aromatic carbocycles. The predicted molar refractivity (Wildman–Crippen MR) is 62.4 cm³/mol. The van der Waals surface area contributed by atoms with E-state index in [-0.39, 0.29) is 36.5 Å². The molecule has 2 rings (SSSR count). The predicted octanol–water partition coefficient (Wildman–Crippen LogP) is 0.291. The van der Waals surface area contributed by atoms with Crippen LogP contribution in [-0.4, -0.2) is 48.6 Å². The Bertz CT molecular complexity index is 313. The summed E-state index contributed by atoms with van der Waals surface area (Å²) in [4.78, 5) is 25.5. The first-order valence-corrected chi connectivity index (χ1v) is 6.28. The van der Waals surface area contributed by atoms with Gasteiger partial charge in [-0.05, 0) is 19.3 Å². The monoisotopic (exact) mass is 240 g/mol. The molecular weight excluding hydrogens is 220 g/mol. The van der Waals surface area contributed by atoms with E-state index in [0.29, 0.717) is 0 Å². The summed E-state index contributed by atoms with van der Waals surface area (Å²) in [5, 5.41) is 2.76. The Balaban J connectivity index is 1.96. The van der Waals surface area contributed by atoms with Gasteiger partial charge in [0.15, 0.2) is 0 Å². The lowest BCUT2D eigenvalue weighted by Crippen LogP contribution is -2.63. The standard InChI is InChI=1S/C12H20N2O3/c1-3-4-10-12(16)14(7-11(15)13-10)8-5-9(6-8)17-2/h8-10H,3-7H2,1-2H3,(H,13,15). The zero-order valence-electron chi connectivity index (χ0n) is 10.4. The van der Waals surface area contributed by atoms with E-state index in [9.17, 15) is 9.59 Å². The Kier molecular flexibility index (Phi) is 3.66. The second kappa shape index (κ2) is 5.04. The highest BCUT2D eigenvalue weighted by atomic mass is 16.5. The lowest BCUT2D eigenvalue weighted by molar-refractivity contribution is -0.151. The third-order valence-electron chi connectivity index (χ3n) is 3.65. The smallest absolute Gasteiger partial charge is 0.245 e. The average Bonchev–Trinajstić information content (AvgIpc) is 2.23. The molecule has 1 aliphatic carbocycles. The van der Waals surface area contributed by atoms with Crippen molar-refractivity contribution >= 4 is 11.8 Å². The second-order valence-corrected chi connectivity index (χ2v) is 4.86. The fourth-order valence-corrected chi connectivity index (χ4v) is 2.51. The first-order valence-electron chi connectivity index (χ1n) is 6.28. The quantitative estimate of drug-likeness (QED) is 0.768. The van der Waals surface area contributed by atoms with E-state index in [1.54, 1.807) is 12.0 Å². The maximum Gasteiger partial charge on any atom is 0.245 e. The van der Waals surface area contributed by atoms with Gasteiger partial charge in [0.1, 0.15) is 6.04 Å². The lowest BCUT2D eigenvalue weighted by atomic mass is 9.86. The number of nitrogens with zero attached hydrogens (tertiary/aromatic N) is 1. The van der Waals surface area contributed by atoms with Crippen molar-refractivity contribution in [3.8, 4) is 0 Å². The Morgan fingerprint density at radius 2 is 2.12 bits per heavy atom. The maximum absolute atomic E-state index is 12.2.